The van der Waals surface area contributed by atoms with E-state index >= 15 is 0 Å². The van der Waals surface area contributed by atoms with E-state index in [1.807, 2.05) is 24.3 Å². The van der Waals surface area contributed by atoms with E-state index < -0.39 is 8.32 Å². The lowest BCUT2D eigenvalue weighted by atomic mass is 10.2. The first-order valence-electron chi connectivity index (χ1n) is 6.04. The highest BCUT2D eigenvalue weighted by atomic mass is 35.5. The van der Waals surface area contributed by atoms with Crippen LogP contribution in [0.25, 0.3) is 0 Å². The molecule has 0 fully saturated rings. The Balaban J connectivity index is 2.58. The molecule has 0 aliphatic heterocycles. The van der Waals surface area contributed by atoms with Crippen molar-refractivity contribution in [2.24, 2.45) is 0 Å². The van der Waals surface area contributed by atoms with E-state index in [4.69, 9.17) is 16.0 Å². The van der Waals surface area contributed by atoms with Crippen LogP contribution in [-0.4, -0.2) is 8.32 Å². The summed E-state index contributed by atoms with van der Waals surface area (Å²) in [6.07, 6.45) is 0. The number of halogens is 1. The molecule has 0 N–H and O–H groups in total. The molecule has 0 radical (unpaired) electrons. The largest absolute Gasteiger partial charge is 0.413 e. The molecule has 0 amide bonds. The van der Waals surface area contributed by atoms with Gasteiger partial charge in [-0.25, -0.2) is 0 Å². The van der Waals surface area contributed by atoms with Crippen LogP contribution in [0.5, 0.6) is 0 Å². The van der Waals surface area contributed by atoms with Gasteiger partial charge in [0.2, 0.25) is 0 Å². The predicted octanol–water partition coefficient (Wildman–Crippen LogP) is 4.86. The van der Waals surface area contributed by atoms with Gasteiger partial charge in [0.25, 0.3) is 0 Å². The Morgan fingerprint density at radius 3 is 1.94 bits per heavy atom. The summed E-state index contributed by atoms with van der Waals surface area (Å²) in [6.45, 7) is 7.49. The molecule has 1 nitrogen and oxygen atoms in total. The third kappa shape index (κ3) is 3.61. The Morgan fingerprint density at radius 1 is 1.00 bits per heavy atom. The van der Waals surface area contributed by atoms with Crippen LogP contribution in [0.4, 0.5) is 0 Å². The average Bonchev–Trinajstić information content (AvgIpc) is 2.34. The molecule has 90 valence electrons. The summed E-state index contributed by atoms with van der Waals surface area (Å²) < 4.78 is 6.20. The molecule has 0 aromatic heterocycles. The molecule has 3 heteroatoms. The minimum atomic E-state index is -1.45. The van der Waals surface area contributed by atoms with Crippen LogP contribution in [0.3, 0.4) is 0 Å². The summed E-state index contributed by atoms with van der Waals surface area (Å²) in [5, 5.41) is 0.786. The molecule has 16 heavy (non-hydrogen) atoms. The van der Waals surface area contributed by atoms with Crippen LogP contribution in [0.1, 0.15) is 26.3 Å². The molecule has 1 aromatic rings. The molecule has 0 bridgehead atoms. The van der Waals surface area contributed by atoms with E-state index in [0.717, 1.165) is 11.6 Å². The van der Waals surface area contributed by atoms with E-state index in [-0.39, 0.29) is 0 Å². The Morgan fingerprint density at radius 2 is 1.50 bits per heavy atom. The standard InChI is InChI=1S/C13H21ClOSi/c1-4-16(5-2,6-3)15-11-12-7-9-13(14)10-8-12/h7-10H,4-6,11H2,1-3H3. The van der Waals surface area contributed by atoms with Crippen LogP contribution in [0.2, 0.25) is 23.2 Å². The summed E-state index contributed by atoms with van der Waals surface area (Å²) in [5.41, 5.74) is 1.22. The van der Waals surface area contributed by atoms with Gasteiger partial charge in [0.05, 0.1) is 6.61 Å². The van der Waals surface area contributed by atoms with Crippen molar-refractivity contribution in [1.82, 2.24) is 0 Å². The summed E-state index contributed by atoms with van der Waals surface area (Å²) >= 11 is 5.85. The molecule has 0 heterocycles. The van der Waals surface area contributed by atoms with Crippen molar-refractivity contribution in [3.05, 3.63) is 34.9 Å². The van der Waals surface area contributed by atoms with Crippen molar-refractivity contribution in [2.45, 2.75) is 45.5 Å². The van der Waals surface area contributed by atoms with Crippen LogP contribution in [0.15, 0.2) is 24.3 Å². The second-order valence-corrected chi connectivity index (χ2v) is 9.37. The first-order chi connectivity index (χ1) is 7.65. The van der Waals surface area contributed by atoms with Gasteiger partial charge in [-0.05, 0) is 35.8 Å². The first-order valence-corrected chi connectivity index (χ1v) is 8.95. The number of benzene rings is 1. The van der Waals surface area contributed by atoms with E-state index in [2.05, 4.69) is 20.8 Å². The van der Waals surface area contributed by atoms with Crippen molar-refractivity contribution in [2.75, 3.05) is 0 Å². The van der Waals surface area contributed by atoms with Crippen molar-refractivity contribution in [3.8, 4) is 0 Å². The van der Waals surface area contributed by atoms with Gasteiger partial charge in [-0.2, -0.15) is 0 Å². The van der Waals surface area contributed by atoms with Gasteiger partial charge in [-0.15, -0.1) is 0 Å². The fraction of sp³-hybridized carbons (Fsp3) is 0.538. The van der Waals surface area contributed by atoms with Gasteiger partial charge in [-0.1, -0.05) is 44.5 Å². The Kier molecular flexibility index (Phi) is 5.53. The third-order valence-electron chi connectivity index (χ3n) is 3.39. The maximum Gasteiger partial charge on any atom is 0.192 e. The lowest BCUT2D eigenvalue weighted by Gasteiger charge is -2.28. The highest BCUT2D eigenvalue weighted by Crippen LogP contribution is 2.23. The minimum Gasteiger partial charge on any atom is -0.413 e. The van der Waals surface area contributed by atoms with Gasteiger partial charge in [0.1, 0.15) is 0 Å². The first kappa shape index (κ1) is 13.8. The Labute approximate surface area is 105 Å². The maximum absolute atomic E-state index is 6.20. The SMILES string of the molecule is CC[Si](CC)(CC)OCc1ccc(Cl)cc1. The zero-order valence-corrected chi connectivity index (χ0v) is 12.2. The van der Waals surface area contributed by atoms with Crippen LogP contribution >= 0.6 is 11.6 Å². The normalized spacial score (nSPS) is 11.8. The van der Waals surface area contributed by atoms with Gasteiger partial charge >= 0.3 is 0 Å². The van der Waals surface area contributed by atoms with Crippen molar-refractivity contribution in [1.29, 1.82) is 0 Å². The lowest BCUT2D eigenvalue weighted by molar-refractivity contribution is 0.287. The zero-order valence-electron chi connectivity index (χ0n) is 10.4. The molecule has 0 saturated carbocycles. The third-order valence-corrected chi connectivity index (χ3v) is 8.27. The fourth-order valence-corrected chi connectivity index (χ4v) is 4.58. The molecule has 1 rings (SSSR count). The zero-order chi connectivity index (χ0) is 12.0. The van der Waals surface area contributed by atoms with Gasteiger partial charge in [0.15, 0.2) is 8.32 Å². The van der Waals surface area contributed by atoms with Gasteiger partial charge in [-0.3, -0.25) is 0 Å². The maximum atomic E-state index is 6.20. The molecule has 0 aliphatic carbocycles. The fourth-order valence-electron chi connectivity index (χ4n) is 1.87. The van der Waals surface area contributed by atoms with Crippen molar-refractivity contribution < 1.29 is 4.43 Å². The van der Waals surface area contributed by atoms with Gasteiger partial charge in [0, 0.05) is 5.02 Å². The van der Waals surface area contributed by atoms with Crippen LogP contribution in [0, 0.1) is 0 Å². The number of hydrogen-bond donors (Lipinski definition) is 0. The molecular weight excluding hydrogens is 236 g/mol. The second kappa shape index (κ2) is 6.43. The average molecular weight is 257 g/mol. The van der Waals surface area contributed by atoms with Crippen molar-refractivity contribution >= 4 is 19.9 Å². The van der Waals surface area contributed by atoms with E-state index in [9.17, 15) is 0 Å². The van der Waals surface area contributed by atoms with Crippen LogP contribution < -0.4 is 0 Å². The van der Waals surface area contributed by atoms with Crippen LogP contribution in [-0.2, 0) is 11.0 Å². The highest BCUT2D eigenvalue weighted by Gasteiger charge is 2.28. The minimum absolute atomic E-state index is 0.735. The molecule has 0 unspecified atom stereocenters. The summed E-state index contributed by atoms with van der Waals surface area (Å²) in [6, 6.07) is 11.5. The Hall–Kier alpha value is -0.313. The van der Waals surface area contributed by atoms with E-state index in [1.54, 1.807) is 0 Å². The molecule has 1 aromatic carbocycles. The summed E-state index contributed by atoms with van der Waals surface area (Å²) in [7, 11) is -1.45. The van der Waals surface area contributed by atoms with Crippen molar-refractivity contribution in [3.63, 3.8) is 0 Å². The molecular formula is C13H21ClOSi. The molecule has 0 atom stereocenters. The summed E-state index contributed by atoms with van der Waals surface area (Å²) in [4.78, 5) is 0. The number of rotatable bonds is 6. The quantitative estimate of drug-likeness (QED) is 0.661. The van der Waals surface area contributed by atoms with E-state index in [1.165, 1.54) is 23.7 Å². The summed E-state index contributed by atoms with van der Waals surface area (Å²) in [5.74, 6) is 0. The predicted molar refractivity (Wildman–Crippen MR) is 73.4 cm³/mol. The van der Waals surface area contributed by atoms with Gasteiger partial charge < -0.3 is 4.43 Å². The lowest BCUT2D eigenvalue weighted by Crippen LogP contribution is -2.35. The Bertz CT molecular complexity index is 298. The van der Waals surface area contributed by atoms with E-state index in [0.29, 0.717) is 0 Å². The highest BCUT2D eigenvalue weighted by molar-refractivity contribution is 6.73. The molecule has 0 aliphatic rings. The topological polar surface area (TPSA) is 9.23 Å². The monoisotopic (exact) mass is 256 g/mol. The second-order valence-electron chi connectivity index (χ2n) is 4.16. The smallest absolute Gasteiger partial charge is 0.192 e. The molecule has 0 saturated heterocycles. The number of hydrogen-bond acceptors (Lipinski definition) is 1. The molecule has 0 spiro atoms.